The predicted octanol–water partition coefficient (Wildman–Crippen LogP) is -5.08. The summed E-state index contributed by atoms with van der Waals surface area (Å²) in [5.74, 6) is -10.3. The van der Waals surface area contributed by atoms with Crippen molar-refractivity contribution >= 4 is 79.2 Å². The molecule has 8 amide bonds. The van der Waals surface area contributed by atoms with Crippen LogP contribution in [0.1, 0.15) is 130 Å². The second kappa shape index (κ2) is 34.9. The molecule has 3 aromatic rings. The first-order chi connectivity index (χ1) is 39.4. The fourth-order valence-electron chi connectivity index (χ4n) is 8.73. The minimum atomic E-state index is -1.80. The SMILES string of the molecule is Cc1cc(=O)c(O)c(CNC(=O)CCC(CCC(=O)NCc2c(O)c(=O)cc(C)n2C)(CCC(=O)NCc2c(O)c(=O)cc(C)n2C)NC(=O)CCNC(=O)CCCC(=O)NCCCC[C@H](NC(=O)N[C@@H](CCC(=O)[O-])C(=O)[O-])C(=O)[O-])n1C.[68Ga+3]. The van der Waals surface area contributed by atoms with Gasteiger partial charge in [-0.05, 0) is 78.6 Å². The molecule has 0 spiro atoms. The molecule has 0 aromatic carbocycles. The zero-order chi connectivity index (χ0) is 63.0. The van der Waals surface area contributed by atoms with Crippen molar-refractivity contribution < 1.29 is 78.6 Å². The van der Waals surface area contributed by atoms with E-state index in [9.17, 15) is 93.0 Å². The molecule has 30 nitrogen and oxygen atoms in total. The summed E-state index contributed by atoms with van der Waals surface area (Å²) in [4.78, 5) is 163. The van der Waals surface area contributed by atoms with E-state index in [1.807, 2.05) is 10.6 Å². The van der Waals surface area contributed by atoms with Crippen molar-refractivity contribution in [3.8, 4) is 17.2 Å². The third-order valence-corrected chi connectivity index (χ3v) is 14.1. The molecular weight excluding hydrogens is 1170 g/mol. The van der Waals surface area contributed by atoms with Gasteiger partial charge >= 0.3 is 25.8 Å². The summed E-state index contributed by atoms with van der Waals surface area (Å²) < 4.78 is 4.53. The van der Waals surface area contributed by atoms with E-state index in [1.165, 1.54) is 31.9 Å². The maximum Gasteiger partial charge on any atom is 3.00 e. The summed E-state index contributed by atoms with van der Waals surface area (Å²) in [5.41, 5.74) is -1.76. The molecule has 0 saturated heterocycles. The number of hydrogen-bond donors (Lipinski definition) is 11. The van der Waals surface area contributed by atoms with Gasteiger partial charge in [-0.2, -0.15) is 0 Å². The Kier molecular flexibility index (Phi) is 29.7. The summed E-state index contributed by atoms with van der Waals surface area (Å²) in [7, 11) is 4.74. The summed E-state index contributed by atoms with van der Waals surface area (Å²) in [5, 5.41) is 85.0. The normalized spacial score (nSPS) is 11.6. The van der Waals surface area contributed by atoms with Crippen LogP contribution in [0.3, 0.4) is 0 Å². The molecule has 0 unspecified atom stereocenters. The van der Waals surface area contributed by atoms with Crippen molar-refractivity contribution in [3.63, 3.8) is 0 Å². The first-order valence-corrected chi connectivity index (χ1v) is 26.9. The van der Waals surface area contributed by atoms with Gasteiger partial charge in [0.15, 0.2) is 17.2 Å². The van der Waals surface area contributed by atoms with E-state index in [-0.39, 0.29) is 153 Å². The number of unbranched alkanes of at least 4 members (excludes halogenated alkanes) is 1. The maximum atomic E-state index is 13.9. The number of carbonyl (C=O) groups is 10. The van der Waals surface area contributed by atoms with Crippen molar-refractivity contribution in [2.75, 3.05) is 13.1 Å². The molecule has 462 valence electrons. The minimum absolute atomic E-state index is 0. The zero-order valence-corrected chi connectivity index (χ0v) is 50.7. The summed E-state index contributed by atoms with van der Waals surface area (Å²) in [6.45, 7) is 3.87. The number of carbonyl (C=O) groups excluding carboxylic acids is 10. The Hall–Kier alpha value is -8.61. The number of rotatable bonds is 35. The second-order valence-corrected chi connectivity index (χ2v) is 20.2. The number of aromatic hydroxyl groups is 3. The number of urea groups is 1. The van der Waals surface area contributed by atoms with Crippen molar-refractivity contribution in [1.29, 1.82) is 0 Å². The number of amides is 8. The molecule has 3 heterocycles. The number of nitrogens with zero attached hydrogens (tertiary/aromatic N) is 3. The molecule has 85 heavy (non-hydrogen) atoms. The van der Waals surface area contributed by atoms with Crippen molar-refractivity contribution in [3.05, 3.63) is 83.0 Å². The van der Waals surface area contributed by atoms with Gasteiger partial charge in [0.05, 0.1) is 60.7 Å². The van der Waals surface area contributed by atoms with Gasteiger partial charge in [-0.25, -0.2) is 4.79 Å². The van der Waals surface area contributed by atoms with Crippen molar-refractivity contribution in [1.82, 2.24) is 56.2 Å². The number of carboxylic acids is 3. The zero-order valence-electron chi connectivity index (χ0n) is 48.3. The monoisotopic (exact) mass is 1250 g/mol. The van der Waals surface area contributed by atoms with Crippen LogP contribution in [0, 0.1) is 20.8 Å². The summed E-state index contributed by atoms with van der Waals surface area (Å²) in [6, 6.07) is -0.884. The molecule has 3 rings (SSSR count). The van der Waals surface area contributed by atoms with E-state index in [0.717, 1.165) is 0 Å². The van der Waals surface area contributed by atoms with Crippen LogP contribution in [0.2, 0.25) is 0 Å². The Bertz CT molecular complexity index is 2900. The van der Waals surface area contributed by atoms with E-state index in [2.05, 4.69) is 31.9 Å². The quantitative estimate of drug-likeness (QED) is 0.0194. The van der Waals surface area contributed by atoms with E-state index >= 15 is 0 Å². The fourth-order valence-corrected chi connectivity index (χ4v) is 8.73. The van der Waals surface area contributed by atoms with Crippen molar-refractivity contribution in [2.45, 2.75) is 154 Å². The van der Waals surface area contributed by atoms with Gasteiger partial charge in [-0.3, -0.25) is 43.2 Å². The number of carboxylic acid groups (broad SMARTS) is 3. The Labute approximate surface area is 501 Å². The van der Waals surface area contributed by atoms with Crippen LogP contribution in [0.4, 0.5) is 4.79 Å². The fraction of sp³-hybridized carbons (Fsp3) is 0.537. The molecule has 0 aliphatic rings. The standard InChI is InChI=1S/C54H77N11O19.Ga/c1-30-24-38(66)48(77)35(63(30)4)27-57-43(71)15-19-54(20-16-44(72)58-28-36-49(78)39(67)25-31(2)64(36)5,21-17-45(73)59-29-37-50(79)40(68)26-32(3)65(37)6)62-46(74)18-23-56-42(70)12-9-11-41(69)55-22-8-7-10-33(51(80)81)60-53(84)61-34(52(82)83)13-14-47(75)76;/h24-26,33-34,77-79H,7-23,27-29H2,1-6H3,(H,55,69)(H,56,70)(H,57,71)(H,58,72)(H,59,73)(H,62,74)(H,75,76)(H,80,81)(H,82,83)(H2,60,61,84);/q;+3/p-3/t33-,34-;/m0./s1/i;1-2. The average Bonchev–Trinajstić information content (AvgIpc) is 3.03. The molecule has 0 bridgehead atoms. The number of aryl methyl sites for hydroxylation is 3. The third kappa shape index (κ3) is 23.9. The predicted molar refractivity (Wildman–Crippen MR) is 296 cm³/mol. The van der Waals surface area contributed by atoms with Gasteiger partial charge in [0, 0.05) is 120 Å². The Morgan fingerprint density at radius 1 is 0.471 bits per heavy atom. The van der Waals surface area contributed by atoms with E-state index < -0.39 is 123 Å². The van der Waals surface area contributed by atoms with Gasteiger partial charge in [0.2, 0.25) is 51.7 Å². The molecule has 0 saturated carbocycles. The van der Waals surface area contributed by atoms with Crippen LogP contribution in [0.25, 0.3) is 0 Å². The van der Waals surface area contributed by atoms with Crippen LogP contribution < -0.4 is 74.1 Å². The smallest absolute Gasteiger partial charge is 0.550 e. The Balaban J connectivity index is 0.0000247. The van der Waals surface area contributed by atoms with Gasteiger partial charge in [0.1, 0.15) is 0 Å². The van der Waals surface area contributed by atoms with Gasteiger partial charge in [-0.15, -0.1) is 0 Å². The molecular formula is C54H74GaN11O19. The first-order valence-electron chi connectivity index (χ1n) is 26.9. The van der Waals surface area contributed by atoms with Crippen LogP contribution >= 0.6 is 0 Å². The largest absolute Gasteiger partial charge is 3.00 e. The number of nitrogens with one attached hydrogen (secondary N) is 8. The summed E-state index contributed by atoms with van der Waals surface area (Å²) >= 11 is 0. The van der Waals surface area contributed by atoms with Crippen LogP contribution in [-0.4, -0.2) is 139 Å². The Morgan fingerprint density at radius 2 is 0.824 bits per heavy atom. The Morgan fingerprint density at radius 3 is 1.19 bits per heavy atom. The average molecular weight is 1250 g/mol. The topological polar surface area (TPSA) is 463 Å². The molecule has 0 radical (unpaired) electrons. The molecule has 3 aromatic heterocycles. The molecule has 2 atom stereocenters. The molecule has 0 aliphatic carbocycles. The van der Waals surface area contributed by atoms with Gasteiger partial charge in [0.25, 0.3) is 0 Å². The van der Waals surface area contributed by atoms with Gasteiger partial charge in [-0.1, -0.05) is 0 Å². The van der Waals surface area contributed by atoms with Crippen molar-refractivity contribution in [2.24, 2.45) is 21.1 Å². The molecule has 0 aliphatic heterocycles. The van der Waals surface area contributed by atoms with Crippen LogP contribution in [0.15, 0.2) is 32.6 Å². The molecule has 31 heteroatoms. The third-order valence-electron chi connectivity index (χ3n) is 14.1. The maximum absolute atomic E-state index is 13.9. The minimum Gasteiger partial charge on any atom is -0.550 e. The molecule has 11 N–H and O–H groups in total. The van der Waals surface area contributed by atoms with E-state index in [4.69, 9.17) is 0 Å². The van der Waals surface area contributed by atoms with Crippen LogP contribution in [-0.2, 0) is 83.9 Å². The number of hydrogen-bond acceptors (Lipinski definition) is 19. The van der Waals surface area contributed by atoms with Gasteiger partial charge < -0.3 is 101 Å². The number of aliphatic carboxylic acids is 3. The first kappa shape index (κ1) is 72.5. The molecule has 0 fully saturated rings. The van der Waals surface area contributed by atoms with E-state index in [1.54, 1.807) is 41.9 Å². The van der Waals surface area contributed by atoms with Crippen LogP contribution in [0.5, 0.6) is 17.2 Å². The second-order valence-electron chi connectivity index (χ2n) is 20.2. The number of pyridine rings is 3. The number of aromatic nitrogens is 3. The summed E-state index contributed by atoms with van der Waals surface area (Å²) in [6.07, 6.45) is -3.30. The van der Waals surface area contributed by atoms with E-state index in [0.29, 0.717) is 17.1 Å².